The number of hydrogen-bond acceptors (Lipinski definition) is 5. The lowest BCUT2D eigenvalue weighted by molar-refractivity contribution is -0.135. The number of fused-ring (bicyclic) bond motifs is 3. The highest BCUT2D eigenvalue weighted by molar-refractivity contribution is 8.02. The van der Waals surface area contributed by atoms with Crippen molar-refractivity contribution in [1.29, 1.82) is 0 Å². The number of carbonyl (C=O) groups excluding carboxylic acids is 2. The highest BCUT2D eigenvalue weighted by Crippen LogP contribution is 2.56. The fraction of sp³-hybridized carbons (Fsp3) is 0.333. The Morgan fingerprint density at radius 3 is 2.42 bits per heavy atom. The number of hydrogen-bond donors (Lipinski definition) is 0. The Kier molecular flexibility index (Phi) is 4.83. The second kappa shape index (κ2) is 7.32. The van der Waals surface area contributed by atoms with E-state index in [0.29, 0.717) is 12.8 Å². The zero-order valence-electron chi connectivity index (χ0n) is 16.5. The van der Waals surface area contributed by atoms with Crippen LogP contribution < -0.4 is 4.90 Å². The lowest BCUT2D eigenvalue weighted by Crippen LogP contribution is -2.58. The minimum Gasteiger partial charge on any atom is -0.337 e. The zero-order valence-corrected chi connectivity index (χ0v) is 18.2. The van der Waals surface area contributed by atoms with Crippen LogP contribution in [-0.4, -0.2) is 60.5 Å². The maximum absolute atomic E-state index is 14.1. The fourth-order valence-electron chi connectivity index (χ4n) is 4.45. The van der Waals surface area contributed by atoms with Crippen LogP contribution in [0.2, 0.25) is 0 Å². The van der Waals surface area contributed by atoms with Gasteiger partial charge in [0.05, 0.1) is 5.69 Å². The third-order valence-electron chi connectivity index (χ3n) is 5.99. The number of para-hydroxylation sites is 1. The number of thioether (sulfide) groups is 1. The van der Waals surface area contributed by atoms with Gasteiger partial charge in [0, 0.05) is 37.5 Å². The normalized spacial score (nSPS) is 23.7. The number of benzene rings is 2. The first-order chi connectivity index (χ1) is 14.8. The summed E-state index contributed by atoms with van der Waals surface area (Å²) in [7, 11) is -3.98. The van der Waals surface area contributed by atoms with E-state index < -0.39 is 20.7 Å². The van der Waals surface area contributed by atoms with Crippen molar-refractivity contribution in [3.8, 4) is 0 Å². The minimum absolute atomic E-state index is 0.0735. The molecule has 0 spiro atoms. The van der Waals surface area contributed by atoms with E-state index in [1.165, 1.54) is 34.3 Å². The number of halogens is 1. The molecule has 1 atom stereocenters. The maximum atomic E-state index is 14.1. The van der Waals surface area contributed by atoms with Gasteiger partial charge >= 0.3 is 0 Å². The van der Waals surface area contributed by atoms with Crippen molar-refractivity contribution in [3.05, 3.63) is 54.3 Å². The standard InChI is InChI=1S/C21H20FN3O4S2/c22-15-5-1-4-8-18(15)31(28,29)24-13-11-23(12-14-24)20(27)21-10-9-19(26)25(21)16-6-2-3-7-17(16)30-21/h1-8H,9-14H2/t21-/m0/s1. The summed E-state index contributed by atoms with van der Waals surface area (Å²) in [5, 5.41) is 0. The number of anilines is 1. The molecule has 2 aromatic rings. The second-order valence-corrected chi connectivity index (χ2v) is 10.9. The molecule has 0 radical (unpaired) electrons. The minimum atomic E-state index is -3.98. The number of nitrogens with zero attached hydrogens (tertiary/aromatic N) is 3. The molecule has 7 nitrogen and oxygen atoms in total. The van der Waals surface area contributed by atoms with Crippen molar-refractivity contribution in [2.45, 2.75) is 27.5 Å². The number of amides is 2. The van der Waals surface area contributed by atoms with Gasteiger partial charge in [-0.15, -0.1) is 0 Å². The SMILES string of the molecule is O=C1CC[C@@]2(C(=O)N3CCN(S(=O)(=O)c4ccccc4F)CC3)Sc3ccccc3N12. The molecule has 0 N–H and O–H groups in total. The molecule has 162 valence electrons. The van der Waals surface area contributed by atoms with Crippen LogP contribution >= 0.6 is 11.8 Å². The first-order valence-corrected chi connectivity index (χ1v) is 12.3. The molecule has 5 rings (SSSR count). The second-order valence-electron chi connectivity index (χ2n) is 7.71. The Bertz CT molecular complexity index is 1180. The summed E-state index contributed by atoms with van der Waals surface area (Å²) in [4.78, 5) is 28.9. The predicted octanol–water partition coefficient (Wildman–Crippen LogP) is 2.29. The van der Waals surface area contributed by atoms with Gasteiger partial charge in [-0.05, 0) is 30.7 Å². The molecule has 31 heavy (non-hydrogen) atoms. The molecule has 0 aliphatic carbocycles. The third-order valence-corrected chi connectivity index (χ3v) is 9.38. The van der Waals surface area contributed by atoms with E-state index >= 15 is 0 Å². The number of sulfonamides is 1. The zero-order chi connectivity index (χ0) is 21.8. The number of piperazine rings is 1. The predicted molar refractivity (Wildman–Crippen MR) is 113 cm³/mol. The van der Waals surface area contributed by atoms with Gasteiger partial charge in [0.1, 0.15) is 10.7 Å². The largest absolute Gasteiger partial charge is 0.337 e. The van der Waals surface area contributed by atoms with Crippen LogP contribution in [0, 0.1) is 5.82 Å². The summed E-state index contributed by atoms with van der Waals surface area (Å²) in [6, 6.07) is 12.8. The van der Waals surface area contributed by atoms with Gasteiger partial charge in [-0.1, -0.05) is 36.0 Å². The fourth-order valence-corrected chi connectivity index (χ4v) is 7.43. The summed E-state index contributed by atoms with van der Waals surface area (Å²) in [6.07, 6.45) is 0.715. The topological polar surface area (TPSA) is 78.0 Å². The van der Waals surface area contributed by atoms with E-state index in [1.54, 1.807) is 9.80 Å². The van der Waals surface area contributed by atoms with Gasteiger partial charge in [0.15, 0.2) is 4.87 Å². The highest BCUT2D eigenvalue weighted by Gasteiger charge is 2.58. The summed E-state index contributed by atoms with van der Waals surface area (Å²) in [6.45, 7) is 0.522. The molecule has 0 saturated carbocycles. The Hall–Kier alpha value is -2.43. The van der Waals surface area contributed by atoms with Gasteiger partial charge in [-0.25, -0.2) is 12.8 Å². The van der Waals surface area contributed by atoms with E-state index in [-0.39, 0.29) is 42.9 Å². The number of rotatable bonds is 3. The Balaban J connectivity index is 1.35. The molecule has 3 aliphatic rings. The molecule has 0 bridgehead atoms. The molecule has 2 fully saturated rings. The average Bonchev–Trinajstić information content (AvgIpc) is 3.29. The van der Waals surface area contributed by atoms with Crippen molar-refractivity contribution in [2.75, 3.05) is 31.1 Å². The summed E-state index contributed by atoms with van der Waals surface area (Å²) >= 11 is 1.40. The van der Waals surface area contributed by atoms with Crippen LogP contribution in [0.3, 0.4) is 0 Å². The third kappa shape index (κ3) is 3.07. The molecular weight excluding hydrogens is 441 g/mol. The van der Waals surface area contributed by atoms with Gasteiger partial charge in [0.2, 0.25) is 15.9 Å². The Morgan fingerprint density at radius 2 is 1.68 bits per heavy atom. The molecule has 3 aliphatic heterocycles. The van der Waals surface area contributed by atoms with E-state index in [2.05, 4.69) is 0 Å². The van der Waals surface area contributed by atoms with Crippen LogP contribution in [0.1, 0.15) is 12.8 Å². The first kappa shape index (κ1) is 20.5. The van der Waals surface area contributed by atoms with Gasteiger partial charge in [0.25, 0.3) is 5.91 Å². The lowest BCUT2D eigenvalue weighted by Gasteiger charge is -2.39. The van der Waals surface area contributed by atoms with Crippen molar-refractivity contribution >= 4 is 39.3 Å². The molecule has 0 aromatic heterocycles. The molecule has 2 aromatic carbocycles. The maximum Gasteiger partial charge on any atom is 0.259 e. The van der Waals surface area contributed by atoms with Crippen LogP contribution in [0.15, 0.2) is 58.3 Å². The molecular formula is C21H20FN3O4S2. The van der Waals surface area contributed by atoms with Crippen molar-refractivity contribution in [3.63, 3.8) is 0 Å². The first-order valence-electron chi connectivity index (χ1n) is 10.00. The molecule has 0 unspecified atom stereocenters. The van der Waals surface area contributed by atoms with Crippen molar-refractivity contribution in [2.24, 2.45) is 0 Å². The highest BCUT2D eigenvalue weighted by atomic mass is 32.2. The van der Waals surface area contributed by atoms with Crippen LogP contribution in [0.25, 0.3) is 0 Å². The summed E-state index contributed by atoms with van der Waals surface area (Å²) in [5.41, 5.74) is 0.754. The average molecular weight is 462 g/mol. The van der Waals surface area contributed by atoms with E-state index in [9.17, 15) is 22.4 Å². The summed E-state index contributed by atoms with van der Waals surface area (Å²) < 4.78 is 40.9. The summed E-state index contributed by atoms with van der Waals surface area (Å²) in [5.74, 6) is -1.05. The quantitative estimate of drug-likeness (QED) is 0.701. The van der Waals surface area contributed by atoms with Gasteiger partial charge < -0.3 is 4.90 Å². The van der Waals surface area contributed by atoms with E-state index in [1.807, 2.05) is 24.3 Å². The Labute approximate surface area is 183 Å². The van der Waals surface area contributed by atoms with E-state index in [0.717, 1.165) is 16.6 Å². The molecule has 2 amide bonds. The van der Waals surface area contributed by atoms with E-state index in [4.69, 9.17) is 0 Å². The smallest absolute Gasteiger partial charge is 0.259 e. The lowest BCUT2D eigenvalue weighted by atomic mass is 10.1. The van der Waals surface area contributed by atoms with Crippen LogP contribution in [0.5, 0.6) is 0 Å². The molecule has 10 heteroatoms. The van der Waals surface area contributed by atoms with Crippen LogP contribution in [0.4, 0.5) is 10.1 Å². The Morgan fingerprint density at radius 1 is 1.00 bits per heavy atom. The van der Waals surface area contributed by atoms with Crippen molar-refractivity contribution in [1.82, 2.24) is 9.21 Å². The number of carbonyl (C=O) groups is 2. The molecule has 3 heterocycles. The van der Waals surface area contributed by atoms with Gasteiger partial charge in [-0.3, -0.25) is 14.5 Å². The van der Waals surface area contributed by atoms with Crippen molar-refractivity contribution < 1.29 is 22.4 Å². The van der Waals surface area contributed by atoms with Crippen LogP contribution in [-0.2, 0) is 19.6 Å². The monoisotopic (exact) mass is 461 g/mol. The molecule has 2 saturated heterocycles. The van der Waals surface area contributed by atoms with Gasteiger partial charge in [-0.2, -0.15) is 4.31 Å².